The zero-order chi connectivity index (χ0) is 24.4. The average molecular weight is 470 g/mol. The van der Waals surface area contributed by atoms with Gasteiger partial charge in [-0.15, -0.1) is 0 Å². The number of carbonyl (C=O) groups is 1. The Morgan fingerprint density at radius 1 is 0.971 bits per heavy atom. The van der Waals surface area contributed by atoms with Gasteiger partial charge >= 0.3 is 0 Å². The summed E-state index contributed by atoms with van der Waals surface area (Å²) in [5.41, 5.74) is 5.03. The number of fused-ring (bicyclic) bond motifs is 2. The molecule has 1 unspecified atom stereocenters. The second-order valence-corrected chi connectivity index (χ2v) is 9.51. The molecule has 5 rings (SSSR count). The minimum absolute atomic E-state index is 0.0394. The van der Waals surface area contributed by atoms with E-state index >= 15 is 0 Å². The van der Waals surface area contributed by atoms with Gasteiger partial charge in [-0.3, -0.25) is 4.79 Å². The van der Waals surface area contributed by atoms with Crippen molar-refractivity contribution in [2.75, 3.05) is 18.5 Å². The van der Waals surface area contributed by atoms with E-state index in [1.54, 1.807) is 6.07 Å². The molecule has 0 radical (unpaired) electrons. The molecule has 0 aliphatic carbocycles. The minimum atomic E-state index is -0.120. The summed E-state index contributed by atoms with van der Waals surface area (Å²) in [7, 11) is 0. The molecule has 0 saturated carbocycles. The van der Waals surface area contributed by atoms with Crippen LogP contribution in [0.1, 0.15) is 43.6 Å². The molecule has 1 aliphatic heterocycles. The van der Waals surface area contributed by atoms with Gasteiger partial charge in [-0.05, 0) is 47.7 Å². The maximum Gasteiger partial charge on any atom is 0.244 e. The molecule has 2 heterocycles. The van der Waals surface area contributed by atoms with Crippen molar-refractivity contribution in [1.29, 1.82) is 0 Å². The molecule has 0 saturated heterocycles. The standard InChI is InChI=1S/C29H31N3O3/c1-19(2)16-21-8-10-22(11-9-21)20(3)29-31-24-6-4-5-7-25(24)32(29)18-28(33)30-23-12-13-26-27(17-23)35-15-14-34-26/h4-13,17,19-20H,14-16,18H2,1-3H3,(H,30,33). The van der Waals surface area contributed by atoms with E-state index in [0.717, 1.165) is 23.3 Å². The number of aromatic nitrogens is 2. The highest BCUT2D eigenvalue weighted by atomic mass is 16.6. The van der Waals surface area contributed by atoms with Gasteiger partial charge in [-0.1, -0.05) is 57.2 Å². The number of nitrogens with one attached hydrogen (secondary N) is 1. The van der Waals surface area contributed by atoms with Crippen molar-refractivity contribution in [2.24, 2.45) is 5.92 Å². The first-order chi connectivity index (χ1) is 17.0. The molecule has 35 heavy (non-hydrogen) atoms. The third kappa shape index (κ3) is 5.02. The monoisotopic (exact) mass is 469 g/mol. The zero-order valence-corrected chi connectivity index (χ0v) is 20.5. The summed E-state index contributed by atoms with van der Waals surface area (Å²) in [4.78, 5) is 18.0. The lowest BCUT2D eigenvalue weighted by atomic mass is 9.96. The number of hydrogen-bond acceptors (Lipinski definition) is 4. The molecular formula is C29H31N3O3. The van der Waals surface area contributed by atoms with Gasteiger partial charge in [0.25, 0.3) is 0 Å². The fourth-order valence-corrected chi connectivity index (χ4v) is 4.62. The van der Waals surface area contributed by atoms with E-state index in [2.05, 4.69) is 50.4 Å². The Morgan fingerprint density at radius 3 is 2.49 bits per heavy atom. The third-order valence-electron chi connectivity index (χ3n) is 6.32. The number of hydrogen-bond donors (Lipinski definition) is 1. The largest absolute Gasteiger partial charge is 0.486 e. The SMILES string of the molecule is CC(C)Cc1ccc(C(C)c2nc3ccccc3n2CC(=O)Nc2ccc3c(c2)OCCO3)cc1. The summed E-state index contributed by atoms with van der Waals surface area (Å²) in [5.74, 6) is 2.77. The number of nitrogens with zero attached hydrogens (tertiary/aromatic N) is 2. The van der Waals surface area contributed by atoms with E-state index in [-0.39, 0.29) is 18.4 Å². The van der Waals surface area contributed by atoms with Crippen molar-refractivity contribution >= 4 is 22.6 Å². The molecular weight excluding hydrogens is 438 g/mol. The molecule has 0 bridgehead atoms. The lowest BCUT2D eigenvalue weighted by Gasteiger charge is -2.19. The van der Waals surface area contributed by atoms with Crippen LogP contribution in [-0.2, 0) is 17.8 Å². The van der Waals surface area contributed by atoms with E-state index in [1.807, 2.05) is 41.0 Å². The molecule has 1 amide bonds. The van der Waals surface area contributed by atoms with Gasteiger partial charge in [-0.2, -0.15) is 0 Å². The highest BCUT2D eigenvalue weighted by Crippen LogP contribution is 2.33. The van der Waals surface area contributed by atoms with Crippen LogP contribution in [0.2, 0.25) is 0 Å². The van der Waals surface area contributed by atoms with Gasteiger partial charge < -0.3 is 19.4 Å². The van der Waals surface area contributed by atoms with Crippen molar-refractivity contribution in [1.82, 2.24) is 9.55 Å². The second kappa shape index (κ2) is 9.82. The molecule has 6 nitrogen and oxygen atoms in total. The van der Waals surface area contributed by atoms with E-state index in [0.29, 0.717) is 36.3 Å². The lowest BCUT2D eigenvalue weighted by Crippen LogP contribution is -2.21. The minimum Gasteiger partial charge on any atom is -0.486 e. The fraction of sp³-hybridized carbons (Fsp3) is 0.310. The van der Waals surface area contributed by atoms with Crippen LogP contribution in [0.25, 0.3) is 11.0 Å². The van der Waals surface area contributed by atoms with Gasteiger partial charge in [0, 0.05) is 17.7 Å². The summed E-state index contributed by atoms with van der Waals surface area (Å²) in [6, 6.07) is 22.2. The third-order valence-corrected chi connectivity index (χ3v) is 6.32. The summed E-state index contributed by atoms with van der Waals surface area (Å²) >= 11 is 0. The second-order valence-electron chi connectivity index (χ2n) is 9.51. The first-order valence-corrected chi connectivity index (χ1v) is 12.2. The van der Waals surface area contributed by atoms with Gasteiger partial charge in [0.15, 0.2) is 11.5 Å². The zero-order valence-electron chi connectivity index (χ0n) is 20.5. The van der Waals surface area contributed by atoms with Crippen molar-refractivity contribution in [3.8, 4) is 11.5 Å². The van der Waals surface area contributed by atoms with Crippen LogP contribution in [0.3, 0.4) is 0 Å². The number of imidazole rings is 1. The van der Waals surface area contributed by atoms with Crippen LogP contribution in [0.15, 0.2) is 66.7 Å². The molecule has 0 fully saturated rings. The predicted molar refractivity (Wildman–Crippen MR) is 138 cm³/mol. The average Bonchev–Trinajstić information content (AvgIpc) is 3.22. The molecule has 1 aromatic heterocycles. The Morgan fingerprint density at radius 2 is 1.71 bits per heavy atom. The van der Waals surface area contributed by atoms with Gasteiger partial charge in [0.2, 0.25) is 5.91 Å². The molecule has 3 aromatic carbocycles. The van der Waals surface area contributed by atoms with E-state index in [4.69, 9.17) is 14.5 Å². The van der Waals surface area contributed by atoms with Crippen LogP contribution in [-0.4, -0.2) is 28.7 Å². The topological polar surface area (TPSA) is 65.4 Å². The normalized spacial score (nSPS) is 13.7. The highest BCUT2D eigenvalue weighted by molar-refractivity contribution is 5.92. The number of ether oxygens (including phenoxy) is 2. The Balaban J connectivity index is 1.40. The molecule has 1 atom stereocenters. The van der Waals surface area contributed by atoms with Crippen LogP contribution in [0.4, 0.5) is 5.69 Å². The predicted octanol–water partition coefficient (Wildman–Crippen LogP) is 5.80. The van der Waals surface area contributed by atoms with Crippen LogP contribution in [0, 0.1) is 5.92 Å². The molecule has 0 spiro atoms. The van der Waals surface area contributed by atoms with Crippen LogP contribution >= 0.6 is 0 Å². The Bertz CT molecular complexity index is 1340. The van der Waals surface area contributed by atoms with Crippen molar-refractivity contribution in [3.63, 3.8) is 0 Å². The fourth-order valence-electron chi connectivity index (χ4n) is 4.62. The van der Waals surface area contributed by atoms with E-state index < -0.39 is 0 Å². The van der Waals surface area contributed by atoms with E-state index in [1.165, 1.54) is 11.1 Å². The first kappa shape index (κ1) is 23.0. The molecule has 4 aromatic rings. The van der Waals surface area contributed by atoms with Crippen LogP contribution < -0.4 is 14.8 Å². The summed E-state index contributed by atoms with van der Waals surface area (Å²) in [6.45, 7) is 7.82. The summed E-state index contributed by atoms with van der Waals surface area (Å²) in [5, 5.41) is 3.00. The Hall–Kier alpha value is -3.80. The van der Waals surface area contributed by atoms with Gasteiger partial charge in [-0.25, -0.2) is 4.98 Å². The number of para-hydroxylation sites is 2. The molecule has 1 aliphatic rings. The summed E-state index contributed by atoms with van der Waals surface area (Å²) in [6.07, 6.45) is 1.06. The number of anilines is 1. The number of rotatable bonds is 7. The van der Waals surface area contributed by atoms with E-state index in [9.17, 15) is 4.79 Å². The number of benzene rings is 3. The van der Waals surface area contributed by atoms with Gasteiger partial charge in [0.1, 0.15) is 25.6 Å². The maximum absolute atomic E-state index is 13.1. The molecule has 6 heteroatoms. The highest BCUT2D eigenvalue weighted by Gasteiger charge is 2.20. The summed E-state index contributed by atoms with van der Waals surface area (Å²) < 4.78 is 13.2. The van der Waals surface area contributed by atoms with Gasteiger partial charge in [0.05, 0.1) is 11.0 Å². The first-order valence-electron chi connectivity index (χ1n) is 12.2. The quantitative estimate of drug-likeness (QED) is 0.372. The smallest absolute Gasteiger partial charge is 0.244 e. The Kier molecular flexibility index (Phi) is 6.45. The number of carbonyl (C=O) groups excluding carboxylic acids is 1. The maximum atomic E-state index is 13.1. The van der Waals surface area contributed by atoms with Crippen LogP contribution in [0.5, 0.6) is 11.5 Å². The van der Waals surface area contributed by atoms with Crippen molar-refractivity contribution < 1.29 is 14.3 Å². The lowest BCUT2D eigenvalue weighted by molar-refractivity contribution is -0.116. The number of amides is 1. The molecule has 1 N–H and O–H groups in total. The molecule has 180 valence electrons. The van der Waals surface area contributed by atoms with Crippen molar-refractivity contribution in [3.05, 3.63) is 83.7 Å². The van der Waals surface area contributed by atoms with Crippen molar-refractivity contribution in [2.45, 2.75) is 39.7 Å². The Labute approximate surface area is 205 Å².